The first-order valence-electron chi connectivity index (χ1n) is 7.99. The number of nitrogens with zero attached hydrogens (tertiary/aromatic N) is 1. The number of aryl methyl sites for hydroxylation is 2. The van der Waals surface area contributed by atoms with Crippen molar-refractivity contribution in [3.05, 3.63) is 65.4 Å². The van der Waals surface area contributed by atoms with E-state index in [0.29, 0.717) is 5.92 Å². The average Bonchev–Trinajstić information content (AvgIpc) is 2.44. The Morgan fingerprint density at radius 3 is 2.32 bits per heavy atom. The van der Waals surface area contributed by atoms with Gasteiger partial charge < -0.3 is 0 Å². The molecule has 0 amide bonds. The standard InChI is InChI=1S/C21H23N/c1-14(2)9-17-5-6-20-18(13-17)7-8-22-21(20)19-11-15(3)10-16(4)12-19/h5-8,10-14H,9H2,1-4H3. The maximum absolute atomic E-state index is 4.65. The minimum atomic E-state index is 0.679. The predicted molar refractivity (Wildman–Crippen MR) is 95.2 cm³/mol. The molecule has 0 saturated carbocycles. The molecule has 1 aromatic heterocycles. The zero-order chi connectivity index (χ0) is 15.7. The molecule has 3 aromatic rings. The van der Waals surface area contributed by atoms with Gasteiger partial charge in [0.05, 0.1) is 5.69 Å². The van der Waals surface area contributed by atoms with Gasteiger partial charge in [-0.2, -0.15) is 0 Å². The third kappa shape index (κ3) is 3.04. The molecule has 0 atom stereocenters. The van der Waals surface area contributed by atoms with E-state index in [1.165, 1.54) is 33.0 Å². The van der Waals surface area contributed by atoms with E-state index in [9.17, 15) is 0 Å². The molecule has 0 aliphatic heterocycles. The summed E-state index contributed by atoms with van der Waals surface area (Å²) in [4.78, 5) is 4.65. The maximum Gasteiger partial charge on any atom is 0.0780 e. The molecule has 112 valence electrons. The molecule has 1 nitrogen and oxygen atoms in total. The third-order valence-corrected chi connectivity index (χ3v) is 3.97. The highest BCUT2D eigenvalue weighted by atomic mass is 14.7. The molecule has 22 heavy (non-hydrogen) atoms. The smallest absolute Gasteiger partial charge is 0.0780 e. The van der Waals surface area contributed by atoms with E-state index in [0.717, 1.165) is 12.1 Å². The van der Waals surface area contributed by atoms with Crippen LogP contribution in [-0.2, 0) is 6.42 Å². The van der Waals surface area contributed by atoms with Gasteiger partial charge in [-0.15, -0.1) is 0 Å². The highest BCUT2D eigenvalue weighted by molar-refractivity contribution is 5.95. The van der Waals surface area contributed by atoms with Crippen LogP contribution in [0.25, 0.3) is 22.0 Å². The van der Waals surface area contributed by atoms with E-state index in [1.807, 2.05) is 6.20 Å². The molecule has 0 saturated heterocycles. The fraction of sp³-hybridized carbons (Fsp3) is 0.286. The third-order valence-electron chi connectivity index (χ3n) is 3.97. The van der Waals surface area contributed by atoms with Crippen molar-refractivity contribution in [3.8, 4) is 11.3 Å². The number of hydrogen-bond donors (Lipinski definition) is 0. The molecule has 0 spiro atoms. The Labute approximate surface area is 133 Å². The highest BCUT2D eigenvalue weighted by Crippen LogP contribution is 2.29. The summed E-state index contributed by atoms with van der Waals surface area (Å²) in [6, 6.07) is 15.5. The Kier molecular flexibility index (Phi) is 3.98. The zero-order valence-corrected chi connectivity index (χ0v) is 13.9. The molecule has 0 N–H and O–H groups in total. The van der Waals surface area contributed by atoms with Crippen LogP contribution in [0.4, 0.5) is 0 Å². The first kappa shape index (κ1) is 14.8. The van der Waals surface area contributed by atoms with E-state index in [1.54, 1.807) is 0 Å². The molecule has 0 radical (unpaired) electrons. The van der Waals surface area contributed by atoms with E-state index in [-0.39, 0.29) is 0 Å². The molecule has 0 fully saturated rings. The van der Waals surface area contributed by atoms with Crippen LogP contribution in [0.2, 0.25) is 0 Å². The van der Waals surface area contributed by atoms with Crippen LogP contribution in [0.1, 0.15) is 30.5 Å². The van der Waals surface area contributed by atoms with Crippen molar-refractivity contribution < 1.29 is 0 Å². The van der Waals surface area contributed by atoms with E-state index >= 15 is 0 Å². The second-order valence-corrected chi connectivity index (χ2v) is 6.69. The molecular weight excluding hydrogens is 266 g/mol. The van der Waals surface area contributed by atoms with Crippen LogP contribution in [0.15, 0.2) is 48.7 Å². The van der Waals surface area contributed by atoms with Gasteiger partial charge in [0.15, 0.2) is 0 Å². The fourth-order valence-electron chi connectivity index (χ4n) is 3.17. The minimum Gasteiger partial charge on any atom is -0.256 e. The summed E-state index contributed by atoms with van der Waals surface area (Å²) >= 11 is 0. The van der Waals surface area contributed by atoms with Gasteiger partial charge in [0, 0.05) is 17.1 Å². The Hall–Kier alpha value is -2.15. The fourth-order valence-corrected chi connectivity index (χ4v) is 3.17. The number of aromatic nitrogens is 1. The van der Waals surface area contributed by atoms with E-state index < -0.39 is 0 Å². The van der Waals surface area contributed by atoms with Gasteiger partial charge in [0.25, 0.3) is 0 Å². The summed E-state index contributed by atoms with van der Waals surface area (Å²) < 4.78 is 0. The molecule has 1 heteroatoms. The summed E-state index contributed by atoms with van der Waals surface area (Å²) in [6.07, 6.45) is 3.05. The summed E-state index contributed by atoms with van der Waals surface area (Å²) in [5, 5.41) is 2.52. The minimum absolute atomic E-state index is 0.679. The molecular formula is C21H23N. The van der Waals surface area contributed by atoms with Crippen molar-refractivity contribution in [2.45, 2.75) is 34.1 Å². The number of fused-ring (bicyclic) bond motifs is 1. The predicted octanol–water partition coefficient (Wildman–Crippen LogP) is 5.72. The summed E-state index contributed by atoms with van der Waals surface area (Å²) in [5.74, 6) is 0.679. The van der Waals surface area contributed by atoms with Gasteiger partial charge in [-0.25, -0.2) is 0 Å². The van der Waals surface area contributed by atoms with Crippen LogP contribution >= 0.6 is 0 Å². The Morgan fingerprint density at radius 1 is 0.909 bits per heavy atom. The van der Waals surface area contributed by atoms with E-state index in [4.69, 9.17) is 0 Å². The van der Waals surface area contributed by atoms with Gasteiger partial charge in [0.2, 0.25) is 0 Å². The summed E-state index contributed by atoms with van der Waals surface area (Å²) in [5.41, 5.74) is 6.26. The van der Waals surface area contributed by atoms with Crippen molar-refractivity contribution in [1.82, 2.24) is 4.98 Å². The maximum atomic E-state index is 4.65. The normalized spacial score (nSPS) is 11.3. The lowest BCUT2D eigenvalue weighted by molar-refractivity contribution is 0.648. The second-order valence-electron chi connectivity index (χ2n) is 6.69. The highest BCUT2D eigenvalue weighted by Gasteiger charge is 2.08. The SMILES string of the molecule is Cc1cc(C)cc(-c2nccc3cc(CC(C)C)ccc23)c1. The molecule has 1 heterocycles. The van der Waals surface area contributed by atoms with Crippen molar-refractivity contribution in [3.63, 3.8) is 0 Å². The van der Waals surface area contributed by atoms with Crippen molar-refractivity contribution >= 4 is 10.8 Å². The van der Waals surface area contributed by atoms with Gasteiger partial charge in [-0.1, -0.05) is 49.2 Å². The monoisotopic (exact) mass is 289 g/mol. The van der Waals surface area contributed by atoms with Gasteiger partial charge in [-0.3, -0.25) is 4.98 Å². The topological polar surface area (TPSA) is 12.9 Å². The van der Waals surface area contributed by atoms with Crippen LogP contribution in [0.5, 0.6) is 0 Å². The van der Waals surface area contributed by atoms with Gasteiger partial charge >= 0.3 is 0 Å². The molecule has 2 aromatic carbocycles. The number of hydrogen-bond acceptors (Lipinski definition) is 1. The number of benzene rings is 2. The second kappa shape index (κ2) is 5.92. The van der Waals surface area contributed by atoms with Gasteiger partial charge in [-0.05, 0) is 55.3 Å². The molecule has 0 bridgehead atoms. The van der Waals surface area contributed by atoms with Crippen molar-refractivity contribution in [2.24, 2.45) is 5.92 Å². The zero-order valence-electron chi connectivity index (χ0n) is 13.9. The first-order valence-corrected chi connectivity index (χ1v) is 7.99. The summed E-state index contributed by atoms with van der Waals surface area (Å²) in [7, 11) is 0. The first-order chi connectivity index (χ1) is 10.5. The van der Waals surface area contributed by atoms with Crippen LogP contribution < -0.4 is 0 Å². The van der Waals surface area contributed by atoms with Crippen LogP contribution in [-0.4, -0.2) is 4.98 Å². The Morgan fingerprint density at radius 2 is 1.64 bits per heavy atom. The lowest BCUT2D eigenvalue weighted by Gasteiger charge is -2.10. The Balaban J connectivity index is 2.14. The molecule has 0 unspecified atom stereocenters. The molecule has 0 aliphatic carbocycles. The number of pyridine rings is 1. The average molecular weight is 289 g/mol. The summed E-state index contributed by atoms with van der Waals surface area (Å²) in [6.45, 7) is 8.81. The quantitative estimate of drug-likeness (QED) is 0.601. The van der Waals surface area contributed by atoms with Crippen molar-refractivity contribution in [2.75, 3.05) is 0 Å². The van der Waals surface area contributed by atoms with E-state index in [2.05, 4.69) is 75.1 Å². The number of rotatable bonds is 3. The van der Waals surface area contributed by atoms with Crippen molar-refractivity contribution in [1.29, 1.82) is 0 Å². The van der Waals surface area contributed by atoms with Gasteiger partial charge in [0.1, 0.15) is 0 Å². The Bertz CT molecular complexity index is 795. The largest absolute Gasteiger partial charge is 0.256 e. The van der Waals surface area contributed by atoms with Crippen LogP contribution in [0, 0.1) is 19.8 Å². The lowest BCUT2D eigenvalue weighted by Crippen LogP contribution is -1.94. The van der Waals surface area contributed by atoms with Crippen LogP contribution in [0.3, 0.4) is 0 Å². The lowest BCUT2D eigenvalue weighted by atomic mass is 9.97. The molecule has 0 aliphatic rings. The molecule has 3 rings (SSSR count).